The van der Waals surface area contributed by atoms with Crippen LogP contribution in [-0.4, -0.2) is 51.6 Å². The second-order valence-electron chi connectivity index (χ2n) is 10.5. The van der Waals surface area contributed by atoms with Gasteiger partial charge in [-0.05, 0) is 84.7 Å². The normalized spacial score (nSPS) is 17.9. The van der Waals surface area contributed by atoms with Gasteiger partial charge in [0.05, 0.1) is 38.4 Å². The predicted molar refractivity (Wildman–Crippen MR) is 167 cm³/mol. The molecule has 2 rings (SSSR count). The Hall–Kier alpha value is -2.12. The van der Waals surface area contributed by atoms with Gasteiger partial charge in [-0.25, -0.2) is 10.2 Å². The van der Waals surface area contributed by atoms with Crippen molar-refractivity contribution in [2.75, 3.05) is 39.6 Å². The molecule has 1 aromatic rings. The molecule has 0 aliphatic heterocycles. The third-order valence-electron chi connectivity index (χ3n) is 7.18. The van der Waals surface area contributed by atoms with Gasteiger partial charge in [0.15, 0.2) is 0 Å². The summed E-state index contributed by atoms with van der Waals surface area (Å²) in [5, 5.41) is 5.62. The summed E-state index contributed by atoms with van der Waals surface area (Å²) < 4.78 is 50.5. The lowest BCUT2D eigenvalue weighted by Crippen LogP contribution is -2.18. The zero-order valence-corrected chi connectivity index (χ0v) is 28.0. The maximum absolute atomic E-state index is 13.9. The Morgan fingerprint density at radius 3 is 1.83 bits per heavy atom. The lowest BCUT2D eigenvalue weighted by molar-refractivity contribution is -0.143. The van der Waals surface area contributed by atoms with Gasteiger partial charge < -0.3 is 18.5 Å². The maximum atomic E-state index is 13.9. The molecule has 3 atom stereocenters. The van der Waals surface area contributed by atoms with Gasteiger partial charge in [-0.15, -0.1) is 0 Å². The number of aryl methyl sites for hydroxylation is 1. The van der Waals surface area contributed by atoms with Gasteiger partial charge >= 0.3 is 27.0 Å². The molecule has 0 saturated heterocycles. The number of hydrogen-bond acceptors (Lipinski definition) is 8. The van der Waals surface area contributed by atoms with Crippen LogP contribution in [0.5, 0.6) is 11.5 Å². The highest BCUT2D eigenvalue weighted by Gasteiger charge is 2.33. The molecule has 0 spiro atoms. The van der Waals surface area contributed by atoms with Gasteiger partial charge in [0.2, 0.25) is 0 Å². The standard InChI is InChI=1S/C30H50N2O8P2/c1-7-10-11-14-24-21-26(39-41(35,31-5)18-16-28(33)37-8-2)30(25-15-12-13-23(4)20-25)27(22-24)40-42(36,32-6)19-17-29(34)38-9-3/h20-22,25H,7-19H2,1-6H3,(H,31,35)(H,32,36). The van der Waals surface area contributed by atoms with Crippen molar-refractivity contribution in [3.8, 4) is 11.5 Å². The zero-order valence-electron chi connectivity index (χ0n) is 26.2. The van der Waals surface area contributed by atoms with Crippen LogP contribution in [0.4, 0.5) is 0 Å². The van der Waals surface area contributed by atoms with Crippen LogP contribution in [-0.2, 0) is 34.6 Å². The molecule has 1 aliphatic rings. The summed E-state index contributed by atoms with van der Waals surface area (Å²) in [6, 6.07) is 3.79. The van der Waals surface area contributed by atoms with Gasteiger partial charge in [0.25, 0.3) is 0 Å². The molecule has 0 radical (unpaired) electrons. The molecule has 0 fully saturated rings. The van der Waals surface area contributed by atoms with Crippen molar-refractivity contribution in [2.24, 2.45) is 0 Å². The Kier molecular flexibility index (Phi) is 15.3. The minimum absolute atomic E-state index is 0.0495. The molecule has 2 N–H and O–H groups in total. The third kappa shape index (κ3) is 11.5. The molecule has 0 heterocycles. The number of unbranched alkanes of at least 4 members (excludes halogenated alkanes) is 2. The Labute approximate surface area is 251 Å². The Morgan fingerprint density at radius 1 is 0.881 bits per heavy atom. The minimum Gasteiger partial charge on any atom is -0.466 e. The molecule has 1 aromatic carbocycles. The van der Waals surface area contributed by atoms with Crippen LogP contribution < -0.4 is 19.2 Å². The van der Waals surface area contributed by atoms with E-state index in [4.69, 9.17) is 18.5 Å². The summed E-state index contributed by atoms with van der Waals surface area (Å²) in [6.07, 6.45) is 8.38. The molecule has 42 heavy (non-hydrogen) atoms. The van der Waals surface area contributed by atoms with Crippen molar-refractivity contribution in [3.63, 3.8) is 0 Å². The van der Waals surface area contributed by atoms with E-state index < -0.39 is 27.0 Å². The predicted octanol–water partition coefficient (Wildman–Crippen LogP) is 7.12. The smallest absolute Gasteiger partial charge is 0.316 e. The number of esters is 2. The molecule has 12 heteroatoms. The minimum atomic E-state index is -3.53. The van der Waals surface area contributed by atoms with Crippen LogP contribution in [0.3, 0.4) is 0 Å². The highest BCUT2D eigenvalue weighted by atomic mass is 31.2. The highest BCUT2D eigenvalue weighted by molar-refractivity contribution is 7.57. The number of carbonyl (C=O) groups excluding carboxylic acids is 2. The SMILES string of the molecule is CCCCCc1cc(OP(=O)(CCC(=O)OCC)NC)c(C2C=C(C)CCC2)c(OP(=O)(CCC(=O)OCC)NC)c1. The van der Waals surface area contributed by atoms with E-state index in [1.165, 1.54) is 5.57 Å². The molecule has 0 bridgehead atoms. The number of nitrogens with one attached hydrogen (secondary N) is 2. The number of ether oxygens (including phenoxy) is 2. The Bertz CT molecular complexity index is 1100. The molecule has 0 aromatic heterocycles. The average Bonchev–Trinajstić information content (AvgIpc) is 2.95. The monoisotopic (exact) mass is 628 g/mol. The Balaban J connectivity index is 2.62. The van der Waals surface area contributed by atoms with E-state index in [2.05, 4.69) is 30.1 Å². The van der Waals surface area contributed by atoms with E-state index in [1.807, 2.05) is 12.1 Å². The first-order valence-corrected chi connectivity index (χ1v) is 18.7. The number of allylic oxidation sites excluding steroid dienone is 2. The Morgan fingerprint density at radius 2 is 1.40 bits per heavy atom. The second kappa shape index (κ2) is 17.9. The topological polar surface area (TPSA) is 129 Å². The first-order chi connectivity index (χ1) is 20.0. The van der Waals surface area contributed by atoms with Crippen LogP contribution in [0.1, 0.15) is 96.1 Å². The van der Waals surface area contributed by atoms with E-state index in [9.17, 15) is 18.7 Å². The summed E-state index contributed by atoms with van der Waals surface area (Å²) in [4.78, 5) is 24.2. The molecular weight excluding hydrogens is 578 g/mol. The summed E-state index contributed by atoms with van der Waals surface area (Å²) in [5.74, 6) is -0.263. The van der Waals surface area contributed by atoms with Crippen LogP contribution in [0.2, 0.25) is 0 Å². The molecule has 3 unspecified atom stereocenters. The van der Waals surface area contributed by atoms with Crippen LogP contribution >= 0.6 is 15.0 Å². The summed E-state index contributed by atoms with van der Waals surface area (Å²) >= 11 is 0. The van der Waals surface area contributed by atoms with Crippen LogP contribution in [0.25, 0.3) is 0 Å². The van der Waals surface area contributed by atoms with E-state index in [0.29, 0.717) is 17.1 Å². The van der Waals surface area contributed by atoms with Crippen molar-refractivity contribution in [1.29, 1.82) is 0 Å². The fourth-order valence-corrected chi connectivity index (χ4v) is 7.60. The van der Waals surface area contributed by atoms with Crippen molar-refractivity contribution < 1.29 is 37.2 Å². The van der Waals surface area contributed by atoms with Crippen molar-refractivity contribution in [1.82, 2.24) is 10.2 Å². The van der Waals surface area contributed by atoms with Crippen molar-refractivity contribution in [3.05, 3.63) is 34.9 Å². The number of rotatable bonds is 19. The van der Waals surface area contributed by atoms with E-state index in [-0.39, 0.29) is 44.3 Å². The number of benzene rings is 1. The van der Waals surface area contributed by atoms with Gasteiger partial charge in [-0.2, -0.15) is 0 Å². The fraction of sp³-hybridized carbons (Fsp3) is 0.667. The molecule has 238 valence electrons. The van der Waals surface area contributed by atoms with Crippen molar-refractivity contribution in [2.45, 2.75) is 91.4 Å². The van der Waals surface area contributed by atoms with Gasteiger partial charge in [0.1, 0.15) is 11.5 Å². The molecule has 0 saturated carbocycles. The average molecular weight is 629 g/mol. The van der Waals surface area contributed by atoms with Gasteiger partial charge in [-0.1, -0.05) is 31.4 Å². The van der Waals surface area contributed by atoms with Crippen LogP contribution in [0, 0.1) is 0 Å². The van der Waals surface area contributed by atoms with Gasteiger partial charge in [0, 0.05) is 11.5 Å². The summed E-state index contributed by atoms with van der Waals surface area (Å²) in [7, 11) is -3.97. The molecule has 1 aliphatic carbocycles. The lowest BCUT2D eigenvalue weighted by atomic mass is 9.84. The van der Waals surface area contributed by atoms with Crippen molar-refractivity contribution >= 4 is 27.0 Å². The lowest BCUT2D eigenvalue weighted by Gasteiger charge is -2.29. The first kappa shape index (κ1) is 36.1. The molecular formula is C30H50N2O8P2. The second-order valence-corrected chi connectivity index (χ2v) is 15.4. The fourth-order valence-electron chi connectivity index (χ4n) is 4.90. The van der Waals surface area contributed by atoms with Gasteiger partial charge in [-0.3, -0.25) is 18.7 Å². The van der Waals surface area contributed by atoms with Crippen LogP contribution in [0.15, 0.2) is 23.8 Å². The quantitative estimate of drug-likeness (QED) is 0.0707. The van der Waals surface area contributed by atoms with E-state index in [1.54, 1.807) is 27.9 Å². The zero-order chi connectivity index (χ0) is 31.2. The summed E-state index contributed by atoms with van der Waals surface area (Å²) in [5.41, 5.74) is 2.77. The summed E-state index contributed by atoms with van der Waals surface area (Å²) in [6.45, 7) is 8.12. The largest absolute Gasteiger partial charge is 0.466 e. The molecule has 0 amide bonds. The number of hydrogen-bond donors (Lipinski definition) is 2. The van der Waals surface area contributed by atoms with E-state index >= 15 is 0 Å². The third-order valence-corrected chi connectivity index (χ3v) is 11.2. The highest BCUT2D eigenvalue weighted by Crippen LogP contribution is 2.53. The molecule has 10 nitrogen and oxygen atoms in total. The maximum Gasteiger partial charge on any atom is 0.316 e. The number of carbonyl (C=O) groups is 2. The van der Waals surface area contributed by atoms with E-state index in [0.717, 1.165) is 50.5 Å². The first-order valence-electron chi connectivity index (χ1n) is 15.1.